The smallest absolute Gasteiger partial charge is 0.142 e. The normalized spacial score (nSPS) is 17.2. The number of nitrogens with one attached hydrogen (secondary N) is 1. The first kappa shape index (κ1) is 21.6. The second kappa shape index (κ2) is 9.33. The molecule has 2 aromatic carbocycles. The molecule has 0 spiro atoms. The van der Waals surface area contributed by atoms with Gasteiger partial charge in [0, 0.05) is 32.4 Å². The maximum Gasteiger partial charge on any atom is 0.142 e. The molecule has 1 fully saturated rings. The van der Waals surface area contributed by atoms with Gasteiger partial charge in [0.2, 0.25) is 0 Å². The number of aliphatic hydroxyl groups excluding tert-OH is 1. The van der Waals surface area contributed by atoms with E-state index in [2.05, 4.69) is 81.1 Å². The van der Waals surface area contributed by atoms with E-state index in [0.717, 1.165) is 36.5 Å². The number of aliphatic hydroxyl groups is 1. The molecule has 0 saturated carbocycles. The molecule has 3 heterocycles. The van der Waals surface area contributed by atoms with Crippen LogP contribution in [0.1, 0.15) is 36.9 Å². The lowest BCUT2D eigenvalue weighted by atomic mass is 9.90. The van der Waals surface area contributed by atoms with Crippen LogP contribution < -0.4 is 4.90 Å². The number of fused-ring (bicyclic) bond motifs is 1. The maximum absolute atomic E-state index is 9.73. The number of benzene rings is 2. The Morgan fingerprint density at radius 2 is 2.06 bits per heavy atom. The highest BCUT2D eigenvalue weighted by Gasteiger charge is 2.30. The molecule has 4 aromatic rings. The van der Waals surface area contributed by atoms with Crippen LogP contribution in [-0.2, 0) is 0 Å². The molecule has 1 aliphatic rings. The lowest BCUT2D eigenvalue weighted by Crippen LogP contribution is -2.49. The first-order valence-corrected chi connectivity index (χ1v) is 11.6. The number of nitrogens with zero attached hydrogens (tertiary/aromatic N) is 4. The molecule has 1 unspecified atom stereocenters. The summed E-state index contributed by atoms with van der Waals surface area (Å²) in [7, 11) is 0. The largest absolute Gasteiger partial charge is 0.395 e. The molecule has 0 bridgehead atoms. The summed E-state index contributed by atoms with van der Waals surface area (Å²) < 4.78 is 0. The molecule has 0 amide bonds. The summed E-state index contributed by atoms with van der Waals surface area (Å²) in [5.74, 6) is 1.37. The third-order valence-corrected chi connectivity index (χ3v) is 6.56. The highest BCUT2D eigenvalue weighted by Crippen LogP contribution is 2.34. The van der Waals surface area contributed by atoms with Crippen molar-refractivity contribution in [1.29, 1.82) is 0 Å². The Labute approximate surface area is 194 Å². The van der Waals surface area contributed by atoms with E-state index in [0.29, 0.717) is 12.5 Å². The first-order valence-electron chi connectivity index (χ1n) is 11.6. The van der Waals surface area contributed by atoms with Crippen LogP contribution in [0.25, 0.3) is 22.2 Å². The van der Waals surface area contributed by atoms with E-state index >= 15 is 0 Å². The summed E-state index contributed by atoms with van der Waals surface area (Å²) in [6.07, 6.45) is 3.54. The van der Waals surface area contributed by atoms with Crippen molar-refractivity contribution in [1.82, 2.24) is 19.9 Å². The number of β-amino-alcohol motifs (C(OH)–C–C–N with tert-alkyl or cyclic N) is 1. The molecule has 1 aliphatic heterocycles. The van der Waals surface area contributed by atoms with Crippen LogP contribution in [0.5, 0.6) is 0 Å². The SMILES string of the molecule is CC(C)c1[c]cccc1-c1cccc(C2CN(c3ncnc4[nH]ccc34)CCN2CCO)c1. The van der Waals surface area contributed by atoms with Crippen LogP contribution >= 0.6 is 0 Å². The van der Waals surface area contributed by atoms with Crippen LogP contribution in [0.2, 0.25) is 0 Å². The fraction of sp³-hybridized carbons (Fsp3) is 0.333. The van der Waals surface area contributed by atoms with Gasteiger partial charge in [-0.3, -0.25) is 4.90 Å². The van der Waals surface area contributed by atoms with Crippen molar-refractivity contribution in [3.63, 3.8) is 0 Å². The van der Waals surface area contributed by atoms with Crippen molar-refractivity contribution in [2.45, 2.75) is 25.8 Å². The predicted octanol–water partition coefficient (Wildman–Crippen LogP) is 4.40. The van der Waals surface area contributed by atoms with Gasteiger partial charge in [-0.15, -0.1) is 0 Å². The van der Waals surface area contributed by atoms with E-state index < -0.39 is 0 Å². The lowest BCUT2D eigenvalue weighted by molar-refractivity contribution is 0.137. The minimum atomic E-state index is 0.150. The second-order valence-electron chi connectivity index (χ2n) is 8.94. The van der Waals surface area contributed by atoms with Gasteiger partial charge in [0.1, 0.15) is 17.8 Å². The van der Waals surface area contributed by atoms with Gasteiger partial charge in [-0.05, 0) is 46.4 Å². The van der Waals surface area contributed by atoms with Crippen molar-refractivity contribution in [3.8, 4) is 11.1 Å². The number of hydrogen-bond donors (Lipinski definition) is 2. The minimum absolute atomic E-state index is 0.150. The molecular weight excluding hydrogens is 410 g/mol. The average Bonchev–Trinajstić information content (AvgIpc) is 3.34. The highest BCUT2D eigenvalue weighted by atomic mass is 16.3. The number of hydrogen-bond acceptors (Lipinski definition) is 5. The Morgan fingerprint density at radius 3 is 2.91 bits per heavy atom. The molecule has 1 radical (unpaired) electrons. The topological polar surface area (TPSA) is 68.3 Å². The van der Waals surface area contributed by atoms with Crippen LogP contribution in [0.3, 0.4) is 0 Å². The zero-order chi connectivity index (χ0) is 22.8. The van der Waals surface area contributed by atoms with E-state index in [4.69, 9.17) is 0 Å². The first-order chi connectivity index (χ1) is 16.2. The van der Waals surface area contributed by atoms with Gasteiger partial charge in [0.05, 0.1) is 18.0 Å². The number of anilines is 1. The zero-order valence-electron chi connectivity index (χ0n) is 19.2. The van der Waals surface area contributed by atoms with Crippen LogP contribution in [0.15, 0.2) is 61.1 Å². The second-order valence-corrected chi connectivity index (χ2v) is 8.94. The van der Waals surface area contributed by atoms with Crippen molar-refractivity contribution in [2.75, 3.05) is 37.7 Å². The van der Waals surface area contributed by atoms with Gasteiger partial charge in [-0.2, -0.15) is 0 Å². The van der Waals surface area contributed by atoms with Crippen molar-refractivity contribution >= 4 is 16.9 Å². The molecule has 6 nitrogen and oxygen atoms in total. The third-order valence-electron chi connectivity index (χ3n) is 6.56. The van der Waals surface area contributed by atoms with E-state index in [1.807, 2.05) is 18.3 Å². The average molecular weight is 441 g/mol. The van der Waals surface area contributed by atoms with Gasteiger partial charge >= 0.3 is 0 Å². The van der Waals surface area contributed by atoms with Crippen LogP contribution in [-0.4, -0.2) is 57.7 Å². The fourth-order valence-electron chi connectivity index (χ4n) is 4.93. The molecule has 33 heavy (non-hydrogen) atoms. The van der Waals surface area contributed by atoms with Crippen LogP contribution in [0, 0.1) is 6.07 Å². The Hall–Kier alpha value is -3.22. The number of rotatable bonds is 6. The standard InChI is InChI=1S/C27H30N5O/c1-19(2)22-8-3-4-9-23(22)20-6-5-7-21(16-20)25-17-32(13-12-31(25)14-15-33)27-24-10-11-28-26(24)29-18-30-27/h3-7,9-11,16,18-19,25,33H,12-15,17H2,1-2H3,(H,28,29,30). The molecule has 2 N–H and O–H groups in total. The Morgan fingerprint density at radius 1 is 1.15 bits per heavy atom. The summed E-state index contributed by atoms with van der Waals surface area (Å²) in [6, 6.07) is 20.7. The molecule has 2 aromatic heterocycles. The van der Waals surface area contributed by atoms with Gasteiger partial charge in [0.15, 0.2) is 0 Å². The fourth-order valence-corrected chi connectivity index (χ4v) is 4.93. The quantitative estimate of drug-likeness (QED) is 0.465. The predicted molar refractivity (Wildman–Crippen MR) is 132 cm³/mol. The number of H-pyrrole nitrogens is 1. The summed E-state index contributed by atoms with van der Waals surface area (Å²) in [6.45, 7) is 7.76. The van der Waals surface area contributed by atoms with E-state index in [-0.39, 0.29) is 12.6 Å². The molecule has 169 valence electrons. The monoisotopic (exact) mass is 440 g/mol. The molecule has 1 saturated heterocycles. The van der Waals surface area contributed by atoms with E-state index in [1.165, 1.54) is 22.3 Å². The number of piperazine rings is 1. The van der Waals surface area contributed by atoms with E-state index in [1.54, 1.807) is 6.33 Å². The summed E-state index contributed by atoms with van der Waals surface area (Å²) in [4.78, 5) is 16.9. The van der Waals surface area contributed by atoms with E-state index in [9.17, 15) is 5.11 Å². The zero-order valence-corrected chi connectivity index (χ0v) is 19.2. The summed E-state index contributed by atoms with van der Waals surface area (Å²) >= 11 is 0. The highest BCUT2D eigenvalue weighted by molar-refractivity contribution is 5.87. The maximum atomic E-state index is 9.73. The van der Waals surface area contributed by atoms with Crippen molar-refractivity contribution < 1.29 is 5.11 Å². The van der Waals surface area contributed by atoms with Crippen LogP contribution in [0.4, 0.5) is 5.82 Å². The Bertz CT molecular complexity index is 1230. The van der Waals surface area contributed by atoms with Gasteiger partial charge in [0.25, 0.3) is 0 Å². The Kier molecular flexibility index (Phi) is 6.11. The van der Waals surface area contributed by atoms with Gasteiger partial charge in [-0.25, -0.2) is 9.97 Å². The third kappa shape index (κ3) is 4.24. The minimum Gasteiger partial charge on any atom is -0.395 e. The molecule has 5 rings (SSSR count). The van der Waals surface area contributed by atoms with Gasteiger partial charge < -0.3 is 15.0 Å². The molecule has 0 aliphatic carbocycles. The molecule has 1 atom stereocenters. The lowest BCUT2D eigenvalue weighted by Gasteiger charge is -2.42. The van der Waals surface area contributed by atoms with Gasteiger partial charge in [-0.1, -0.05) is 50.2 Å². The van der Waals surface area contributed by atoms with Crippen molar-refractivity contribution in [3.05, 3.63) is 78.2 Å². The number of aromatic amines is 1. The number of aromatic nitrogens is 3. The molecular formula is C27H30N5O. The molecule has 6 heteroatoms. The Balaban J connectivity index is 1.51. The summed E-state index contributed by atoms with van der Waals surface area (Å²) in [5.41, 5.74) is 5.80. The summed E-state index contributed by atoms with van der Waals surface area (Å²) in [5, 5.41) is 10.8. The van der Waals surface area contributed by atoms with Crippen molar-refractivity contribution in [2.24, 2.45) is 0 Å².